The first-order valence-electron chi connectivity index (χ1n) is 12.5. The second kappa shape index (κ2) is 8.70. The van der Waals surface area contributed by atoms with Gasteiger partial charge in [-0.15, -0.1) is 0 Å². The molecule has 2 bridgehead atoms. The summed E-state index contributed by atoms with van der Waals surface area (Å²) >= 11 is 6.29. The van der Waals surface area contributed by atoms with Crippen LogP contribution in [0.1, 0.15) is 63.0 Å². The number of nitrogens with zero attached hydrogens (tertiary/aromatic N) is 2. The zero-order valence-corrected chi connectivity index (χ0v) is 21.9. The van der Waals surface area contributed by atoms with Gasteiger partial charge in [-0.25, -0.2) is 4.68 Å². The summed E-state index contributed by atoms with van der Waals surface area (Å²) in [5, 5.41) is 8.89. The number of ether oxygens (including phenoxy) is 1. The fourth-order valence-corrected chi connectivity index (χ4v) is 6.53. The second-order valence-electron chi connectivity index (χ2n) is 11.0. The molecular weight excluding hydrogens is 458 g/mol. The molecule has 0 aliphatic heterocycles. The first-order chi connectivity index (χ1) is 16.6. The molecule has 184 valence electrons. The summed E-state index contributed by atoms with van der Waals surface area (Å²) in [6.45, 7) is 11.5. The summed E-state index contributed by atoms with van der Waals surface area (Å²) in [5.74, 6) is 1.34. The van der Waals surface area contributed by atoms with Crippen molar-refractivity contribution in [2.24, 2.45) is 16.7 Å². The largest absolute Gasteiger partial charge is 0.494 e. The lowest BCUT2D eigenvalue weighted by molar-refractivity contribution is 0.0733. The van der Waals surface area contributed by atoms with Crippen LogP contribution in [0.3, 0.4) is 0 Å². The van der Waals surface area contributed by atoms with Crippen molar-refractivity contribution >= 4 is 17.5 Å². The van der Waals surface area contributed by atoms with Crippen molar-refractivity contribution < 1.29 is 9.53 Å². The predicted octanol–water partition coefficient (Wildman–Crippen LogP) is 6.84. The molecular formula is C29H34ClN3O2. The lowest BCUT2D eigenvalue weighted by Crippen LogP contribution is -2.52. The van der Waals surface area contributed by atoms with Crippen LogP contribution >= 0.6 is 11.6 Å². The first-order valence-corrected chi connectivity index (χ1v) is 12.9. The van der Waals surface area contributed by atoms with Gasteiger partial charge in [0.25, 0.3) is 5.91 Å². The Hall–Kier alpha value is -2.79. The Morgan fingerprint density at radius 3 is 2.54 bits per heavy atom. The van der Waals surface area contributed by atoms with E-state index in [0.717, 1.165) is 28.3 Å². The lowest BCUT2D eigenvalue weighted by atomic mass is 9.68. The number of aryl methyl sites for hydroxylation is 1. The quantitative estimate of drug-likeness (QED) is 0.410. The highest BCUT2D eigenvalue weighted by Gasteiger charge is 2.59. The molecule has 0 spiro atoms. The molecule has 0 radical (unpaired) electrons. The van der Waals surface area contributed by atoms with E-state index >= 15 is 0 Å². The third-order valence-electron chi connectivity index (χ3n) is 8.33. The summed E-state index contributed by atoms with van der Waals surface area (Å²) in [4.78, 5) is 13.6. The van der Waals surface area contributed by atoms with Crippen molar-refractivity contribution in [3.63, 3.8) is 0 Å². The maximum atomic E-state index is 13.6. The minimum absolute atomic E-state index is 0.0798. The van der Waals surface area contributed by atoms with Crippen molar-refractivity contribution in [1.82, 2.24) is 15.1 Å². The number of fused-ring (bicyclic) bond motifs is 2. The van der Waals surface area contributed by atoms with Gasteiger partial charge in [0.2, 0.25) is 0 Å². The molecule has 2 aliphatic carbocycles. The van der Waals surface area contributed by atoms with Crippen LogP contribution in [0.5, 0.6) is 5.75 Å². The minimum atomic E-state index is -0.117. The third-order valence-corrected chi connectivity index (χ3v) is 8.76. The van der Waals surface area contributed by atoms with Gasteiger partial charge in [-0.05, 0) is 97.9 Å². The highest BCUT2D eigenvalue weighted by molar-refractivity contribution is 6.31. The van der Waals surface area contributed by atoms with Gasteiger partial charge >= 0.3 is 0 Å². The topological polar surface area (TPSA) is 56.2 Å². The van der Waals surface area contributed by atoms with Crippen LogP contribution in [-0.4, -0.2) is 28.3 Å². The van der Waals surface area contributed by atoms with Crippen molar-refractivity contribution in [2.45, 2.75) is 59.9 Å². The SMILES string of the molecule is CCOc1ccc(-n2nc(C(=O)N[C@@H]3C(C)(C)[C@H]4CC[C@@]3(C)C4)cc2-c2ccc(Cl)c(C)c2)cc1. The summed E-state index contributed by atoms with van der Waals surface area (Å²) in [5.41, 5.74) is 4.29. The van der Waals surface area contributed by atoms with Gasteiger partial charge in [-0.2, -0.15) is 5.10 Å². The molecule has 1 aromatic heterocycles. The zero-order chi connectivity index (χ0) is 25.0. The van der Waals surface area contributed by atoms with Gasteiger partial charge in [0.1, 0.15) is 5.75 Å². The van der Waals surface area contributed by atoms with Crippen LogP contribution in [0, 0.1) is 23.7 Å². The molecule has 6 heteroatoms. The zero-order valence-electron chi connectivity index (χ0n) is 21.2. The molecule has 35 heavy (non-hydrogen) atoms. The summed E-state index contributed by atoms with van der Waals surface area (Å²) in [7, 11) is 0. The molecule has 2 saturated carbocycles. The van der Waals surface area contributed by atoms with E-state index in [4.69, 9.17) is 21.4 Å². The number of aromatic nitrogens is 2. The normalized spacial score (nSPS) is 24.5. The first kappa shape index (κ1) is 23.9. The highest BCUT2D eigenvalue weighted by Crippen LogP contribution is 2.62. The van der Waals surface area contributed by atoms with Crippen molar-refractivity contribution in [2.75, 3.05) is 6.61 Å². The number of carbonyl (C=O) groups excluding carboxylic acids is 1. The number of rotatable bonds is 6. The van der Waals surface area contributed by atoms with E-state index in [2.05, 4.69) is 26.1 Å². The number of carbonyl (C=O) groups is 1. The smallest absolute Gasteiger partial charge is 0.272 e. The number of amides is 1. The maximum Gasteiger partial charge on any atom is 0.272 e. The molecule has 2 aliphatic rings. The van der Waals surface area contributed by atoms with Crippen molar-refractivity contribution in [3.8, 4) is 22.7 Å². The molecule has 0 unspecified atom stereocenters. The molecule has 2 aromatic carbocycles. The van der Waals surface area contributed by atoms with Gasteiger partial charge < -0.3 is 10.1 Å². The average Bonchev–Trinajstić information content (AvgIpc) is 3.49. The Morgan fingerprint density at radius 1 is 1.17 bits per heavy atom. The maximum absolute atomic E-state index is 13.6. The van der Waals surface area contributed by atoms with Gasteiger partial charge in [0.15, 0.2) is 5.69 Å². The Bertz CT molecular complexity index is 1260. The van der Waals surface area contributed by atoms with Crippen molar-refractivity contribution in [3.05, 3.63) is 64.8 Å². The minimum Gasteiger partial charge on any atom is -0.494 e. The number of hydrogen-bond acceptors (Lipinski definition) is 3. The van der Waals surface area contributed by atoms with E-state index in [9.17, 15) is 4.79 Å². The third kappa shape index (κ3) is 4.14. The van der Waals surface area contributed by atoms with Gasteiger partial charge in [0, 0.05) is 16.6 Å². The molecule has 1 heterocycles. The van der Waals surface area contributed by atoms with Crippen LogP contribution in [-0.2, 0) is 0 Å². The second-order valence-corrected chi connectivity index (χ2v) is 11.4. The van der Waals surface area contributed by atoms with Gasteiger partial charge in [0.05, 0.1) is 18.0 Å². The number of hydrogen-bond donors (Lipinski definition) is 1. The summed E-state index contributed by atoms with van der Waals surface area (Å²) < 4.78 is 7.44. The number of halogens is 1. The Labute approximate surface area is 212 Å². The molecule has 3 aromatic rings. The van der Waals surface area contributed by atoms with Gasteiger partial charge in [-0.3, -0.25) is 4.79 Å². The summed E-state index contributed by atoms with van der Waals surface area (Å²) in [6, 6.07) is 15.7. The lowest BCUT2D eigenvalue weighted by Gasteiger charge is -2.42. The standard InChI is InChI=1S/C29H34ClN3O2/c1-6-35-22-10-8-21(9-11-22)33-25(19-7-12-23(30)18(2)15-19)16-24(32-33)26(34)31-27-28(3,4)20-13-14-29(27,5)17-20/h7-12,15-16,20,27H,6,13-14,17H2,1-5H3,(H,31,34)/t20-,27+,29-/m0/s1. The van der Waals surface area contributed by atoms with E-state index in [1.807, 2.05) is 67.1 Å². The van der Waals surface area contributed by atoms with Crippen LogP contribution in [0.4, 0.5) is 0 Å². The monoisotopic (exact) mass is 491 g/mol. The molecule has 0 saturated heterocycles. The van der Waals surface area contributed by atoms with Crippen LogP contribution in [0.15, 0.2) is 48.5 Å². The van der Waals surface area contributed by atoms with E-state index in [1.54, 1.807) is 0 Å². The van der Waals surface area contributed by atoms with E-state index in [-0.39, 0.29) is 22.8 Å². The molecule has 2 fully saturated rings. The molecule has 5 nitrogen and oxygen atoms in total. The van der Waals surface area contributed by atoms with E-state index in [0.29, 0.717) is 23.2 Å². The van der Waals surface area contributed by atoms with Gasteiger partial charge in [-0.1, -0.05) is 38.4 Å². The molecule has 1 amide bonds. The Morgan fingerprint density at radius 2 is 1.91 bits per heavy atom. The number of nitrogens with one attached hydrogen (secondary N) is 1. The fraction of sp³-hybridized carbons (Fsp3) is 0.448. The highest BCUT2D eigenvalue weighted by atomic mass is 35.5. The number of benzene rings is 2. The van der Waals surface area contributed by atoms with E-state index < -0.39 is 0 Å². The molecule has 5 rings (SSSR count). The van der Waals surface area contributed by atoms with Crippen molar-refractivity contribution in [1.29, 1.82) is 0 Å². The molecule has 1 N–H and O–H groups in total. The predicted molar refractivity (Wildman–Crippen MR) is 140 cm³/mol. The van der Waals surface area contributed by atoms with Crippen LogP contribution in [0.25, 0.3) is 16.9 Å². The fourth-order valence-electron chi connectivity index (χ4n) is 6.42. The Balaban J connectivity index is 1.52. The van der Waals surface area contributed by atoms with Crippen LogP contribution in [0.2, 0.25) is 5.02 Å². The van der Waals surface area contributed by atoms with Crippen LogP contribution < -0.4 is 10.1 Å². The Kier molecular flexibility index (Phi) is 5.95. The summed E-state index contributed by atoms with van der Waals surface area (Å²) in [6.07, 6.45) is 3.60. The average molecular weight is 492 g/mol. The molecule has 3 atom stereocenters. The van der Waals surface area contributed by atoms with E-state index in [1.165, 1.54) is 19.3 Å².